The van der Waals surface area contributed by atoms with Gasteiger partial charge in [-0.25, -0.2) is 17.7 Å². The normalized spacial score (nSPS) is 21.2. The number of sulfonamides is 1. The summed E-state index contributed by atoms with van der Waals surface area (Å²) in [6.45, 7) is 3.06. The number of aryl methyl sites for hydroxylation is 1. The van der Waals surface area contributed by atoms with Crippen molar-refractivity contribution < 1.29 is 8.42 Å². The van der Waals surface area contributed by atoms with E-state index >= 15 is 0 Å². The van der Waals surface area contributed by atoms with Crippen LogP contribution in [-0.4, -0.2) is 54.7 Å². The lowest BCUT2D eigenvalue weighted by molar-refractivity contribution is 0.261. The summed E-state index contributed by atoms with van der Waals surface area (Å²) >= 11 is 0. The first-order chi connectivity index (χ1) is 9.47. The fourth-order valence-electron chi connectivity index (χ4n) is 2.64. The van der Waals surface area contributed by atoms with E-state index in [0.29, 0.717) is 19.0 Å². The zero-order valence-corrected chi connectivity index (χ0v) is 13.1. The van der Waals surface area contributed by atoms with Crippen LogP contribution in [-0.2, 0) is 23.5 Å². The Morgan fingerprint density at radius 1 is 1.50 bits per heavy atom. The highest BCUT2D eigenvalue weighted by atomic mass is 32.2. The molecular weight excluding hydrogens is 276 g/mol. The summed E-state index contributed by atoms with van der Waals surface area (Å²) in [7, 11) is -1.04. The Bertz CT molecular complexity index is 526. The molecule has 0 saturated carbocycles. The molecule has 2 rings (SSSR count). The standard InChI is InChI=1S/C13H24N4O2S/c1-16-9-7-15-13(16)5-6-14-10-12-4-3-8-17(11-12)20(2,18)19/h7,9,12,14H,3-6,8,10-11H2,1-2H3. The maximum absolute atomic E-state index is 11.5. The maximum Gasteiger partial charge on any atom is 0.211 e. The second-order valence-electron chi connectivity index (χ2n) is 5.54. The van der Waals surface area contributed by atoms with Gasteiger partial charge in [-0.15, -0.1) is 0 Å². The van der Waals surface area contributed by atoms with Crippen molar-refractivity contribution in [2.45, 2.75) is 19.3 Å². The minimum Gasteiger partial charge on any atom is -0.338 e. The molecule has 1 aromatic heterocycles. The molecule has 1 aliphatic heterocycles. The molecule has 0 radical (unpaired) electrons. The molecule has 1 unspecified atom stereocenters. The van der Waals surface area contributed by atoms with E-state index in [-0.39, 0.29) is 0 Å². The Balaban J connectivity index is 1.70. The fraction of sp³-hybridized carbons (Fsp3) is 0.769. The predicted molar refractivity (Wildman–Crippen MR) is 78.9 cm³/mol. The summed E-state index contributed by atoms with van der Waals surface area (Å²) in [5, 5.41) is 3.42. The van der Waals surface area contributed by atoms with E-state index < -0.39 is 10.0 Å². The minimum absolute atomic E-state index is 0.417. The second-order valence-corrected chi connectivity index (χ2v) is 7.52. The van der Waals surface area contributed by atoms with Gasteiger partial charge in [0.25, 0.3) is 0 Å². The molecular formula is C13H24N4O2S. The Morgan fingerprint density at radius 3 is 2.95 bits per heavy atom. The molecule has 20 heavy (non-hydrogen) atoms. The van der Waals surface area contributed by atoms with Gasteiger partial charge in [0.2, 0.25) is 10.0 Å². The summed E-state index contributed by atoms with van der Waals surface area (Å²) in [5.41, 5.74) is 0. The summed E-state index contributed by atoms with van der Waals surface area (Å²) < 4.78 is 26.7. The minimum atomic E-state index is -3.04. The monoisotopic (exact) mass is 300 g/mol. The van der Waals surface area contributed by atoms with Crippen molar-refractivity contribution in [3.63, 3.8) is 0 Å². The zero-order valence-electron chi connectivity index (χ0n) is 12.2. The maximum atomic E-state index is 11.5. The number of piperidine rings is 1. The second kappa shape index (κ2) is 6.69. The first-order valence-electron chi connectivity index (χ1n) is 7.09. The van der Waals surface area contributed by atoms with E-state index in [0.717, 1.165) is 38.2 Å². The Morgan fingerprint density at radius 2 is 2.30 bits per heavy atom. The van der Waals surface area contributed by atoms with E-state index in [1.165, 1.54) is 6.26 Å². The third-order valence-electron chi connectivity index (χ3n) is 3.83. The molecule has 0 aliphatic carbocycles. The molecule has 114 valence electrons. The van der Waals surface area contributed by atoms with Gasteiger partial charge in [-0.1, -0.05) is 0 Å². The van der Waals surface area contributed by atoms with Crippen LogP contribution in [0.4, 0.5) is 0 Å². The zero-order chi connectivity index (χ0) is 14.6. The van der Waals surface area contributed by atoms with Crippen molar-refractivity contribution in [3.8, 4) is 0 Å². The van der Waals surface area contributed by atoms with Crippen molar-refractivity contribution in [1.82, 2.24) is 19.2 Å². The van der Waals surface area contributed by atoms with Crippen molar-refractivity contribution in [2.24, 2.45) is 13.0 Å². The number of nitrogens with one attached hydrogen (secondary N) is 1. The van der Waals surface area contributed by atoms with Crippen LogP contribution in [0.15, 0.2) is 12.4 Å². The fourth-order valence-corrected chi connectivity index (χ4v) is 3.58. The number of aromatic nitrogens is 2. The Kier molecular flexibility index (Phi) is 5.17. The molecule has 1 aromatic rings. The van der Waals surface area contributed by atoms with Gasteiger partial charge in [-0.3, -0.25) is 0 Å². The van der Waals surface area contributed by atoms with Crippen LogP contribution in [0.5, 0.6) is 0 Å². The summed E-state index contributed by atoms with van der Waals surface area (Å²) in [5.74, 6) is 1.48. The van der Waals surface area contributed by atoms with E-state index in [1.54, 1.807) is 10.5 Å². The molecule has 0 amide bonds. The Hall–Kier alpha value is -0.920. The van der Waals surface area contributed by atoms with Crippen LogP contribution in [0.2, 0.25) is 0 Å². The number of nitrogens with zero attached hydrogens (tertiary/aromatic N) is 3. The molecule has 1 aliphatic rings. The van der Waals surface area contributed by atoms with Crippen molar-refractivity contribution in [1.29, 1.82) is 0 Å². The quantitative estimate of drug-likeness (QED) is 0.764. The van der Waals surface area contributed by atoms with Gasteiger partial charge < -0.3 is 9.88 Å². The van der Waals surface area contributed by atoms with Gasteiger partial charge in [-0.05, 0) is 25.3 Å². The molecule has 1 N–H and O–H groups in total. The predicted octanol–water partition coefficient (Wildman–Crippen LogP) is 0.224. The molecule has 7 heteroatoms. The van der Waals surface area contributed by atoms with Crippen LogP contribution in [0.1, 0.15) is 18.7 Å². The van der Waals surface area contributed by atoms with E-state index in [1.807, 2.05) is 17.8 Å². The lowest BCUT2D eigenvalue weighted by Crippen LogP contribution is -2.42. The highest BCUT2D eigenvalue weighted by Gasteiger charge is 2.25. The van der Waals surface area contributed by atoms with Crippen molar-refractivity contribution in [3.05, 3.63) is 18.2 Å². The lowest BCUT2D eigenvalue weighted by atomic mass is 10.00. The van der Waals surface area contributed by atoms with Gasteiger partial charge in [-0.2, -0.15) is 0 Å². The SMILES string of the molecule is Cn1ccnc1CCNCC1CCCN(S(C)(=O)=O)C1. The van der Waals surface area contributed by atoms with E-state index in [2.05, 4.69) is 10.3 Å². The highest BCUT2D eigenvalue weighted by Crippen LogP contribution is 2.17. The lowest BCUT2D eigenvalue weighted by Gasteiger charge is -2.31. The molecule has 2 heterocycles. The molecule has 1 atom stereocenters. The molecule has 0 bridgehead atoms. The third-order valence-corrected chi connectivity index (χ3v) is 5.10. The van der Waals surface area contributed by atoms with Gasteiger partial charge in [0, 0.05) is 45.5 Å². The van der Waals surface area contributed by atoms with E-state index in [9.17, 15) is 8.42 Å². The number of imidazole rings is 1. The highest BCUT2D eigenvalue weighted by molar-refractivity contribution is 7.88. The average molecular weight is 300 g/mol. The molecule has 1 saturated heterocycles. The first kappa shape index (κ1) is 15.5. The molecule has 6 nitrogen and oxygen atoms in total. The molecule has 0 aromatic carbocycles. The topological polar surface area (TPSA) is 67.2 Å². The Labute approximate surface area is 121 Å². The van der Waals surface area contributed by atoms with Gasteiger partial charge in [0.05, 0.1) is 6.26 Å². The van der Waals surface area contributed by atoms with Crippen LogP contribution in [0.25, 0.3) is 0 Å². The number of rotatable bonds is 6. The summed E-state index contributed by atoms with van der Waals surface area (Å²) in [6.07, 6.45) is 8.00. The van der Waals surface area contributed by atoms with Crippen molar-refractivity contribution >= 4 is 10.0 Å². The largest absolute Gasteiger partial charge is 0.338 e. The smallest absolute Gasteiger partial charge is 0.211 e. The third kappa shape index (κ3) is 4.29. The molecule has 1 fully saturated rings. The van der Waals surface area contributed by atoms with Gasteiger partial charge >= 0.3 is 0 Å². The van der Waals surface area contributed by atoms with Crippen LogP contribution < -0.4 is 5.32 Å². The molecule has 0 spiro atoms. The summed E-state index contributed by atoms with van der Waals surface area (Å²) in [6, 6.07) is 0. The van der Waals surface area contributed by atoms with Crippen LogP contribution >= 0.6 is 0 Å². The van der Waals surface area contributed by atoms with Crippen molar-refractivity contribution in [2.75, 3.05) is 32.4 Å². The average Bonchev–Trinajstić information content (AvgIpc) is 2.80. The van der Waals surface area contributed by atoms with Crippen LogP contribution in [0.3, 0.4) is 0 Å². The number of hydrogen-bond acceptors (Lipinski definition) is 4. The van der Waals surface area contributed by atoms with Crippen LogP contribution in [0, 0.1) is 5.92 Å². The van der Waals surface area contributed by atoms with Gasteiger partial charge in [0.1, 0.15) is 5.82 Å². The summed E-state index contributed by atoms with van der Waals surface area (Å²) in [4.78, 5) is 4.28. The first-order valence-corrected chi connectivity index (χ1v) is 8.93. The van der Waals surface area contributed by atoms with E-state index in [4.69, 9.17) is 0 Å². The number of hydrogen-bond donors (Lipinski definition) is 1. The van der Waals surface area contributed by atoms with Gasteiger partial charge in [0.15, 0.2) is 0 Å².